The van der Waals surface area contributed by atoms with Gasteiger partial charge in [-0.05, 0) is 48.8 Å². The molecule has 0 amide bonds. The quantitative estimate of drug-likeness (QED) is 0.753. The van der Waals surface area contributed by atoms with Crippen molar-refractivity contribution in [3.8, 4) is 0 Å². The molecule has 25 heavy (non-hydrogen) atoms. The third-order valence-corrected chi connectivity index (χ3v) is 5.25. The number of benzene rings is 1. The van der Waals surface area contributed by atoms with E-state index in [4.69, 9.17) is 4.74 Å². The highest BCUT2D eigenvalue weighted by atomic mass is 16.5. The summed E-state index contributed by atoms with van der Waals surface area (Å²) in [7, 11) is 1.78. The van der Waals surface area contributed by atoms with E-state index < -0.39 is 0 Å². The number of ether oxygens (including phenoxy) is 1. The van der Waals surface area contributed by atoms with Gasteiger partial charge < -0.3 is 9.64 Å². The summed E-state index contributed by atoms with van der Waals surface area (Å²) in [5.74, 6) is 0. The average Bonchev–Trinajstić information content (AvgIpc) is 3.02. The second-order valence-corrected chi connectivity index (χ2v) is 6.72. The van der Waals surface area contributed by atoms with Crippen LogP contribution in [0.3, 0.4) is 0 Å². The lowest BCUT2D eigenvalue weighted by atomic mass is 9.73. The van der Waals surface area contributed by atoms with Gasteiger partial charge in [-0.3, -0.25) is 0 Å². The van der Waals surface area contributed by atoms with E-state index >= 15 is 0 Å². The highest BCUT2D eigenvalue weighted by molar-refractivity contribution is 5.26. The lowest BCUT2D eigenvalue weighted by Crippen LogP contribution is -2.46. The fraction of sp³-hybridized carbons (Fsp3) is 0.611. The van der Waals surface area contributed by atoms with E-state index in [0.29, 0.717) is 13.1 Å². The van der Waals surface area contributed by atoms with Gasteiger partial charge in [-0.15, -0.1) is 0 Å². The first kappa shape index (κ1) is 17.8. The highest BCUT2D eigenvalue weighted by Crippen LogP contribution is 2.35. The summed E-state index contributed by atoms with van der Waals surface area (Å²) < 4.78 is 8.39. The minimum atomic E-state index is -0.127. The van der Waals surface area contributed by atoms with Gasteiger partial charge in [0.25, 0.3) is 0 Å². The lowest BCUT2D eigenvalue weighted by molar-refractivity contribution is 0.0710. The smallest absolute Gasteiger partial charge is 0.363 e. The minimum absolute atomic E-state index is 0.0920. The van der Waals surface area contributed by atoms with Crippen LogP contribution in [-0.2, 0) is 23.2 Å². The lowest BCUT2D eigenvalue weighted by Gasteiger charge is -2.42. The van der Waals surface area contributed by atoms with Crippen LogP contribution < -0.4 is 5.69 Å². The Kier molecular flexibility index (Phi) is 5.65. The SMILES string of the molecule is CCn1nnn(CCN2CCC(COC)(c3ccccc3)CC2)c1=O. The fourth-order valence-corrected chi connectivity index (χ4v) is 3.67. The van der Waals surface area contributed by atoms with Crippen LogP contribution in [0.2, 0.25) is 0 Å². The third kappa shape index (κ3) is 3.82. The van der Waals surface area contributed by atoms with Gasteiger partial charge in [0.1, 0.15) is 0 Å². The Bertz CT molecular complexity index is 717. The molecule has 0 atom stereocenters. The molecule has 1 fully saturated rings. The van der Waals surface area contributed by atoms with Crippen LogP contribution in [0.1, 0.15) is 25.3 Å². The number of aromatic nitrogens is 4. The van der Waals surface area contributed by atoms with Gasteiger partial charge in [0, 0.05) is 25.6 Å². The maximum absolute atomic E-state index is 12.0. The molecule has 0 saturated carbocycles. The first-order valence-electron chi connectivity index (χ1n) is 8.96. The maximum atomic E-state index is 12.0. The topological polar surface area (TPSA) is 65.2 Å². The van der Waals surface area contributed by atoms with Crippen LogP contribution >= 0.6 is 0 Å². The van der Waals surface area contributed by atoms with Gasteiger partial charge >= 0.3 is 5.69 Å². The van der Waals surface area contributed by atoms with Gasteiger partial charge in [-0.2, -0.15) is 9.36 Å². The molecule has 3 rings (SSSR count). The van der Waals surface area contributed by atoms with E-state index in [1.165, 1.54) is 14.9 Å². The van der Waals surface area contributed by atoms with E-state index in [1.807, 2.05) is 6.92 Å². The Morgan fingerprint density at radius 1 is 1.08 bits per heavy atom. The van der Waals surface area contributed by atoms with Crippen molar-refractivity contribution in [1.29, 1.82) is 0 Å². The molecule has 1 aliphatic heterocycles. The van der Waals surface area contributed by atoms with E-state index in [1.54, 1.807) is 7.11 Å². The molecule has 7 nitrogen and oxygen atoms in total. The monoisotopic (exact) mass is 345 g/mol. The Labute approximate surface area is 148 Å². The molecule has 1 aliphatic rings. The Balaban J connectivity index is 1.60. The molecule has 0 aliphatic carbocycles. The molecule has 0 radical (unpaired) electrons. The fourth-order valence-electron chi connectivity index (χ4n) is 3.67. The molecular formula is C18H27N5O2. The van der Waals surface area contributed by atoms with Crippen molar-refractivity contribution in [1.82, 2.24) is 24.7 Å². The molecule has 0 bridgehead atoms. The molecule has 7 heteroatoms. The summed E-state index contributed by atoms with van der Waals surface area (Å²) in [4.78, 5) is 14.4. The standard InChI is InChI=1S/C18H27N5O2/c1-3-22-17(24)23(20-19-22)14-13-21-11-9-18(10-12-21,15-25-2)16-7-5-4-6-8-16/h4-8H,3,9-15H2,1-2H3. The molecule has 0 unspecified atom stereocenters. The van der Waals surface area contributed by atoms with E-state index in [2.05, 4.69) is 45.7 Å². The molecule has 1 aromatic heterocycles. The van der Waals surface area contributed by atoms with Crippen molar-refractivity contribution in [2.45, 2.75) is 38.3 Å². The van der Waals surface area contributed by atoms with Crippen LogP contribution in [-0.4, -0.2) is 58.0 Å². The Morgan fingerprint density at radius 3 is 2.36 bits per heavy atom. The number of likely N-dealkylation sites (tertiary alicyclic amines) is 1. The minimum Gasteiger partial charge on any atom is -0.384 e. The highest BCUT2D eigenvalue weighted by Gasteiger charge is 2.36. The number of aryl methyl sites for hydroxylation is 1. The Morgan fingerprint density at radius 2 is 1.76 bits per heavy atom. The van der Waals surface area contributed by atoms with Crippen LogP contribution in [0.15, 0.2) is 35.1 Å². The predicted octanol–water partition coefficient (Wildman–Crippen LogP) is 1.14. The first-order chi connectivity index (χ1) is 12.2. The van der Waals surface area contributed by atoms with Crippen LogP contribution in [0.25, 0.3) is 0 Å². The molecule has 0 spiro atoms. The summed E-state index contributed by atoms with van der Waals surface area (Å²) in [6, 6.07) is 10.7. The summed E-state index contributed by atoms with van der Waals surface area (Å²) in [5.41, 5.74) is 1.32. The van der Waals surface area contributed by atoms with E-state index in [-0.39, 0.29) is 11.1 Å². The van der Waals surface area contributed by atoms with Gasteiger partial charge in [0.05, 0.1) is 13.2 Å². The number of hydrogen-bond acceptors (Lipinski definition) is 5. The molecule has 1 aromatic carbocycles. The number of piperidine rings is 1. The average molecular weight is 345 g/mol. The van der Waals surface area contributed by atoms with Gasteiger partial charge in [-0.25, -0.2) is 4.79 Å². The van der Waals surface area contributed by atoms with Crippen molar-refractivity contribution in [2.24, 2.45) is 0 Å². The molecule has 2 aromatic rings. The molecular weight excluding hydrogens is 318 g/mol. The predicted molar refractivity (Wildman–Crippen MR) is 95.6 cm³/mol. The summed E-state index contributed by atoms with van der Waals surface area (Å²) in [5, 5.41) is 7.81. The summed E-state index contributed by atoms with van der Waals surface area (Å²) in [6.45, 7) is 6.59. The van der Waals surface area contributed by atoms with Gasteiger partial charge in [0.15, 0.2) is 0 Å². The number of tetrazole rings is 1. The van der Waals surface area contributed by atoms with Crippen molar-refractivity contribution < 1.29 is 4.74 Å². The molecule has 136 valence electrons. The van der Waals surface area contributed by atoms with Crippen molar-refractivity contribution in [3.63, 3.8) is 0 Å². The van der Waals surface area contributed by atoms with Crippen LogP contribution in [0.5, 0.6) is 0 Å². The zero-order valence-corrected chi connectivity index (χ0v) is 15.1. The number of hydrogen-bond donors (Lipinski definition) is 0. The second-order valence-electron chi connectivity index (χ2n) is 6.72. The normalized spacial score (nSPS) is 17.7. The van der Waals surface area contributed by atoms with Crippen molar-refractivity contribution in [2.75, 3.05) is 33.4 Å². The zero-order valence-electron chi connectivity index (χ0n) is 15.1. The molecule has 0 N–H and O–H groups in total. The zero-order chi connectivity index (χ0) is 17.7. The second kappa shape index (κ2) is 7.93. The number of rotatable bonds is 7. The van der Waals surface area contributed by atoms with Crippen LogP contribution in [0.4, 0.5) is 0 Å². The molecule has 1 saturated heterocycles. The first-order valence-corrected chi connectivity index (χ1v) is 8.96. The maximum Gasteiger partial charge on any atom is 0.363 e. The summed E-state index contributed by atoms with van der Waals surface area (Å²) in [6.07, 6.45) is 2.11. The third-order valence-electron chi connectivity index (χ3n) is 5.25. The van der Waals surface area contributed by atoms with Crippen LogP contribution in [0, 0.1) is 0 Å². The number of nitrogens with zero attached hydrogens (tertiary/aromatic N) is 5. The summed E-state index contributed by atoms with van der Waals surface area (Å²) >= 11 is 0. The van der Waals surface area contributed by atoms with Crippen molar-refractivity contribution >= 4 is 0 Å². The Hall–Kier alpha value is -1.99. The largest absolute Gasteiger partial charge is 0.384 e. The van der Waals surface area contributed by atoms with E-state index in [0.717, 1.165) is 39.1 Å². The van der Waals surface area contributed by atoms with Gasteiger partial charge in [-0.1, -0.05) is 30.3 Å². The van der Waals surface area contributed by atoms with Gasteiger partial charge in [0.2, 0.25) is 0 Å². The number of methoxy groups -OCH3 is 1. The molecule has 2 heterocycles. The van der Waals surface area contributed by atoms with E-state index in [9.17, 15) is 4.79 Å². The van der Waals surface area contributed by atoms with Crippen molar-refractivity contribution in [3.05, 3.63) is 46.4 Å².